The molecular weight excluding hydrogens is 400 g/mol. The molecule has 2 N–H and O–H groups in total. The molecule has 1 amide bonds. The summed E-state index contributed by atoms with van der Waals surface area (Å²) in [6, 6.07) is 8.71. The van der Waals surface area contributed by atoms with Crippen LogP contribution in [-0.4, -0.2) is 27.4 Å². The summed E-state index contributed by atoms with van der Waals surface area (Å²) >= 11 is 0. The molecule has 1 fully saturated rings. The molecule has 1 saturated carbocycles. The highest BCUT2D eigenvalue weighted by Gasteiger charge is 2.59. The van der Waals surface area contributed by atoms with Crippen LogP contribution in [0.4, 0.5) is 14.6 Å². The first-order valence-electron chi connectivity index (χ1n) is 10.1. The smallest absolute Gasteiger partial charge is 0.229 e. The van der Waals surface area contributed by atoms with Crippen LogP contribution in [-0.2, 0) is 16.8 Å². The van der Waals surface area contributed by atoms with E-state index in [1.807, 2.05) is 19.9 Å². The van der Waals surface area contributed by atoms with Gasteiger partial charge in [0.2, 0.25) is 5.91 Å². The van der Waals surface area contributed by atoms with Crippen LogP contribution in [0.15, 0.2) is 48.8 Å². The fourth-order valence-electron chi connectivity index (χ4n) is 3.95. The average molecular weight is 423 g/mol. The normalized spacial score (nSPS) is 19.8. The van der Waals surface area contributed by atoms with Crippen LogP contribution < -0.4 is 10.6 Å². The summed E-state index contributed by atoms with van der Waals surface area (Å²) in [5.41, 5.74) is 2.05. The second kappa shape index (κ2) is 8.47. The second-order valence-electron chi connectivity index (χ2n) is 7.90. The maximum Gasteiger partial charge on any atom is 0.229 e. The van der Waals surface area contributed by atoms with Gasteiger partial charge in [0.05, 0.1) is 5.92 Å². The number of carbonyl (C=O) groups excluding carboxylic acids is 1. The summed E-state index contributed by atoms with van der Waals surface area (Å²) in [6.07, 6.45) is 3.63. The molecular formula is C23H23F2N5O. The van der Waals surface area contributed by atoms with Crippen molar-refractivity contribution in [1.82, 2.24) is 20.3 Å². The monoisotopic (exact) mass is 423 g/mol. The molecule has 4 rings (SSSR count). The van der Waals surface area contributed by atoms with Crippen LogP contribution in [0.3, 0.4) is 0 Å². The van der Waals surface area contributed by atoms with E-state index in [9.17, 15) is 13.6 Å². The molecule has 0 aliphatic heterocycles. The van der Waals surface area contributed by atoms with E-state index in [-0.39, 0.29) is 23.5 Å². The highest BCUT2D eigenvalue weighted by atomic mass is 19.1. The average Bonchev–Trinajstić information content (AvgIpc) is 3.46. The maximum absolute atomic E-state index is 13.9. The highest BCUT2D eigenvalue weighted by molar-refractivity contribution is 5.95. The van der Waals surface area contributed by atoms with Crippen LogP contribution in [0.1, 0.15) is 29.1 Å². The summed E-state index contributed by atoms with van der Waals surface area (Å²) in [5, 5.41) is 6.06. The molecule has 1 aliphatic rings. The first kappa shape index (κ1) is 21.0. The standard InChI is InChI=1S/C23H23F2N5O/c1-14-16(12-28-15(2)29-14)11-26-13-23(17-4-3-5-18(24)8-17)10-20(23)22(31)30-21-9-19(25)6-7-27-21/h3-9,12,20,26H,10-11,13H2,1-2H3,(H,27,30,31)/t20-,23+/m0/s1. The Morgan fingerprint density at radius 3 is 2.71 bits per heavy atom. The van der Waals surface area contributed by atoms with Gasteiger partial charge in [-0.2, -0.15) is 0 Å². The lowest BCUT2D eigenvalue weighted by Gasteiger charge is -2.19. The van der Waals surface area contributed by atoms with Gasteiger partial charge in [-0.25, -0.2) is 23.7 Å². The first-order valence-corrected chi connectivity index (χ1v) is 10.1. The van der Waals surface area contributed by atoms with E-state index in [1.165, 1.54) is 30.5 Å². The number of amides is 1. The number of aromatic nitrogens is 3. The summed E-state index contributed by atoms with van der Waals surface area (Å²) in [4.78, 5) is 25.5. The minimum absolute atomic E-state index is 0.158. The van der Waals surface area contributed by atoms with E-state index in [4.69, 9.17) is 0 Å². The Hall–Kier alpha value is -3.26. The molecule has 0 spiro atoms. The Kier molecular flexibility index (Phi) is 5.73. The Morgan fingerprint density at radius 1 is 1.16 bits per heavy atom. The Morgan fingerprint density at radius 2 is 1.97 bits per heavy atom. The number of rotatable bonds is 7. The summed E-state index contributed by atoms with van der Waals surface area (Å²) in [5.74, 6) is -0.610. The number of nitrogens with zero attached hydrogens (tertiary/aromatic N) is 3. The molecule has 6 nitrogen and oxygen atoms in total. The van der Waals surface area contributed by atoms with Crippen molar-refractivity contribution in [2.75, 3.05) is 11.9 Å². The van der Waals surface area contributed by atoms with Crippen molar-refractivity contribution in [2.45, 2.75) is 32.2 Å². The number of hydrogen-bond acceptors (Lipinski definition) is 5. The van der Waals surface area contributed by atoms with Crippen molar-refractivity contribution in [1.29, 1.82) is 0 Å². The van der Waals surface area contributed by atoms with Crippen LogP contribution in [0.5, 0.6) is 0 Å². The second-order valence-corrected chi connectivity index (χ2v) is 7.90. The minimum atomic E-state index is -0.557. The molecule has 1 aliphatic carbocycles. The van der Waals surface area contributed by atoms with Crippen LogP contribution >= 0.6 is 0 Å². The minimum Gasteiger partial charge on any atom is -0.312 e. The number of pyridine rings is 1. The zero-order valence-corrected chi connectivity index (χ0v) is 17.3. The van der Waals surface area contributed by atoms with Gasteiger partial charge in [-0.05, 0) is 44.0 Å². The third kappa shape index (κ3) is 4.59. The van der Waals surface area contributed by atoms with Gasteiger partial charge < -0.3 is 10.6 Å². The van der Waals surface area contributed by atoms with Gasteiger partial charge in [-0.15, -0.1) is 0 Å². The van der Waals surface area contributed by atoms with E-state index < -0.39 is 11.2 Å². The van der Waals surface area contributed by atoms with E-state index >= 15 is 0 Å². The molecule has 3 aromatic rings. The molecule has 2 heterocycles. The number of anilines is 1. The highest BCUT2D eigenvalue weighted by Crippen LogP contribution is 2.54. The van der Waals surface area contributed by atoms with Crippen molar-refractivity contribution in [3.8, 4) is 0 Å². The molecule has 0 saturated heterocycles. The third-order valence-electron chi connectivity index (χ3n) is 5.72. The number of hydrogen-bond donors (Lipinski definition) is 2. The predicted octanol–water partition coefficient (Wildman–Crippen LogP) is 3.45. The summed E-state index contributed by atoms with van der Waals surface area (Å²) in [6.45, 7) is 4.76. The Labute approximate surface area is 179 Å². The third-order valence-corrected chi connectivity index (χ3v) is 5.72. The SMILES string of the molecule is Cc1ncc(CNC[C@@]2(c3cccc(F)c3)C[C@H]2C(=O)Nc2cc(F)ccn2)c(C)n1. The van der Waals surface area contributed by atoms with Crippen molar-refractivity contribution >= 4 is 11.7 Å². The largest absolute Gasteiger partial charge is 0.312 e. The first-order chi connectivity index (χ1) is 14.9. The van der Waals surface area contributed by atoms with Gasteiger partial charge in [0, 0.05) is 48.2 Å². The molecule has 160 valence electrons. The van der Waals surface area contributed by atoms with Gasteiger partial charge in [-0.3, -0.25) is 4.79 Å². The topological polar surface area (TPSA) is 79.8 Å². The number of halogens is 2. The lowest BCUT2D eigenvalue weighted by molar-refractivity contribution is -0.117. The molecule has 0 bridgehead atoms. The summed E-state index contributed by atoms with van der Waals surface area (Å²) in [7, 11) is 0. The molecule has 8 heteroatoms. The van der Waals surface area contributed by atoms with Crippen molar-refractivity contribution < 1.29 is 13.6 Å². The van der Waals surface area contributed by atoms with Crippen LogP contribution in [0.25, 0.3) is 0 Å². The zero-order valence-electron chi connectivity index (χ0n) is 17.3. The van der Waals surface area contributed by atoms with Gasteiger partial charge in [0.15, 0.2) is 0 Å². The number of carbonyl (C=O) groups is 1. The van der Waals surface area contributed by atoms with Crippen LogP contribution in [0, 0.1) is 31.4 Å². The fraction of sp³-hybridized carbons (Fsp3) is 0.304. The lowest BCUT2D eigenvalue weighted by atomic mass is 9.92. The Bertz CT molecular complexity index is 1120. The molecule has 0 unspecified atom stereocenters. The van der Waals surface area contributed by atoms with Crippen molar-refractivity contribution in [3.05, 3.63) is 83.1 Å². The van der Waals surface area contributed by atoms with E-state index in [1.54, 1.807) is 12.3 Å². The van der Waals surface area contributed by atoms with Crippen molar-refractivity contribution in [2.24, 2.45) is 5.92 Å². The van der Waals surface area contributed by atoms with E-state index in [0.717, 1.165) is 16.8 Å². The van der Waals surface area contributed by atoms with E-state index in [0.29, 0.717) is 25.3 Å². The molecule has 2 atom stereocenters. The van der Waals surface area contributed by atoms with E-state index in [2.05, 4.69) is 25.6 Å². The van der Waals surface area contributed by atoms with Gasteiger partial charge in [0.1, 0.15) is 23.3 Å². The number of benzene rings is 1. The molecule has 31 heavy (non-hydrogen) atoms. The zero-order chi connectivity index (χ0) is 22.0. The van der Waals surface area contributed by atoms with Crippen molar-refractivity contribution in [3.63, 3.8) is 0 Å². The van der Waals surface area contributed by atoms with Gasteiger partial charge in [0.25, 0.3) is 0 Å². The molecule has 2 aromatic heterocycles. The number of aryl methyl sites for hydroxylation is 2. The predicted molar refractivity (Wildman–Crippen MR) is 112 cm³/mol. The molecule has 1 aromatic carbocycles. The maximum atomic E-state index is 13.9. The quantitative estimate of drug-likeness (QED) is 0.609. The lowest BCUT2D eigenvalue weighted by Crippen LogP contribution is -2.32. The van der Waals surface area contributed by atoms with Crippen LogP contribution in [0.2, 0.25) is 0 Å². The Balaban J connectivity index is 1.50. The molecule has 0 radical (unpaired) electrons. The fourth-order valence-corrected chi connectivity index (χ4v) is 3.95. The van der Waals surface area contributed by atoms with Gasteiger partial charge in [-0.1, -0.05) is 12.1 Å². The summed E-state index contributed by atoms with van der Waals surface area (Å²) < 4.78 is 27.4. The number of nitrogens with one attached hydrogen (secondary N) is 2. The van der Waals surface area contributed by atoms with Gasteiger partial charge >= 0.3 is 0 Å².